The van der Waals surface area contributed by atoms with Crippen LogP contribution in [0.25, 0.3) is 0 Å². The number of hydrogen-bond acceptors (Lipinski definition) is 39. The first-order valence-corrected chi connectivity index (χ1v) is 26.3. The van der Waals surface area contributed by atoms with Crippen LogP contribution in [0.5, 0.6) is 0 Å². The number of nitrogens with one attached hydrogen (secondary N) is 1. The standard InChI is InChI=1S/C34H55N3O36S4/c1-12-18(39)21(42)33(67-24(12)29(44)45)66-23-13(2)31(64-15(10-62-74-73-72-48)25(23)70-76(52,53)54)58-6-4-35-60-8-9-61-36-5-7-59-32-17(37-14(3)38)27(68-34-22(43)19(40)20(41)28(69-34)30(46)47)26(71-77(55,56)57)16(65-32)11-63-75(49,50)51/h4-5,12-13,15-28,31-34,39-43,48H,6-11H2,1-3H3,(H,37,38)(H,44,45)(H,46,47)(H,49,50,51)(H,52,53,54)(H,55,56,57)/p-6/b35-4-,36-5-/t12-,13?,15?,16?,17?,18?,19+,20+,21?,22?,23?,24?,25-,26+,27-,28?,31+,32-,33+,34-/m1/s1. The molecule has 0 radical (unpaired) electrons. The number of amides is 1. The second-order valence-corrected chi connectivity index (χ2v) is 19.8. The van der Waals surface area contributed by atoms with E-state index in [-0.39, 0.29) is 25.5 Å². The van der Waals surface area contributed by atoms with Crippen molar-refractivity contribution in [3.05, 3.63) is 0 Å². The van der Waals surface area contributed by atoms with E-state index in [0.29, 0.717) is 0 Å². The molecule has 10 unspecified atom stereocenters. The summed E-state index contributed by atoms with van der Waals surface area (Å²) in [6.07, 6.45) is -33.3. The average Bonchev–Trinajstić information content (AvgIpc) is 3.32. The molecule has 0 spiro atoms. The van der Waals surface area contributed by atoms with Gasteiger partial charge in [-0.05, 0) is 0 Å². The summed E-state index contributed by atoms with van der Waals surface area (Å²) in [6, 6.07) is -1.92. The molecule has 4 saturated heterocycles. The maximum Gasteiger partial charge on any atom is 0.218 e. The van der Waals surface area contributed by atoms with Crippen molar-refractivity contribution >= 4 is 73.8 Å². The Bertz CT molecular complexity index is 2300. The number of carboxylic acids is 2. The molecular formula is C34H49N3O36S4-6. The van der Waals surface area contributed by atoms with Gasteiger partial charge in [0.2, 0.25) is 37.1 Å². The zero-order valence-electron chi connectivity index (χ0n) is 39.4. The Kier molecular flexibility index (Phi) is 25.7. The number of hydrogen-bond donors (Lipinski definition) is 6. The number of aliphatic hydroxyl groups is 5. The number of carbonyl (C=O) groups is 3. The predicted octanol–water partition coefficient (Wildman–Crippen LogP) is -11.3. The maximum absolute atomic E-state index is 12.4. The van der Waals surface area contributed by atoms with Crippen molar-refractivity contribution in [1.82, 2.24) is 5.32 Å². The zero-order chi connectivity index (χ0) is 57.6. The number of carboxylic acid groups (broad SMARTS) is 2. The molecule has 0 saturated carbocycles. The highest BCUT2D eigenvalue weighted by atomic mass is 32.3. The number of aliphatic carboxylic acids is 2. The molecule has 1 amide bonds. The smallest absolute Gasteiger partial charge is 0.218 e. The molecule has 39 nitrogen and oxygen atoms in total. The Hall–Kier alpha value is -3.37. The lowest BCUT2D eigenvalue weighted by molar-refractivity contribution is -0.777. The molecule has 77 heavy (non-hydrogen) atoms. The molecule has 20 atom stereocenters. The topological polar surface area (TPSA) is 578 Å². The van der Waals surface area contributed by atoms with E-state index in [9.17, 15) is 94.3 Å². The van der Waals surface area contributed by atoms with Gasteiger partial charge in [0.1, 0.15) is 73.2 Å². The Balaban J connectivity index is 1.39. The minimum Gasteiger partial charge on any atom is -0.726 e. The molecule has 0 bridgehead atoms. The van der Waals surface area contributed by atoms with E-state index in [4.69, 9.17) is 51.8 Å². The largest absolute Gasteiger partial charge is 0.726 e. The van der Waals surface area contributed by atoms with Crippen molar-refractivity contribution < 1.29 is 168 Å². The third-order valence-corrected chi connectivity index (χ3v) is 12.6. The van der Waals surface area contributed by atoms with Crippen molar-refractivity contribution in [1.29, 1.82) is 0 Å². The van der Waals surface area contributed by atoms with Gasteiger partial charge in [0.25, 0.3) is 0 Å². The quantitative estimate of drug-likeness (QED) is 0.00740. The molecule has 0 aromatic carbocycles. The molecule has 4 heterocycles. The van der Waals surface area contributed by atoms with Crippen molar-refractivity contribution in [2.24, 2.45) is 22.1 Å². The highest BCUT2D eigenvalue weighted by Gasteiger charge is 2.55. The Morgan fingerprint density at radius 3 is 1.64 bits per heavy atom. The maximum atomic E-state index is 12.4. The van der Waals surface area contributed by atoms with Gasteiger partial charge in [-0.1, -0.05) is 24.2 Å². The summed E-state index contributed by atoms with van der Waals surface area (Å²) in [6.45, 7) is -0.682. The number of ether oxygens (including phenoxy) is 8. The minimum atomic E-state index is -5.87. The molecule has 43 heteroatoms. The van der Waals surface area contributed by atoms with Crippen LogP contribution in [0.3, 0.4) is 0 Å². The lowest BCUT2D eigenvalue weighted by Crippen LogP contribution is -2.69. The molecule has 4 fully saturated rings. The van der Waals surface area contributed by atoms with Gasteiger partial charge >= 0.3 is 0 Å². The van der Waals surface area contributed by atoms with Crippen LogP contribution in [0, 0.1) is 11.8 Å². The second-order valence-electron chi connectivity index (χ2n) is 16.2. The van der Waals surface area contributed by atoms with Gasteiger partial charge in [-0.25, -0.2) is 25.3 Å². The first-order valence-electron chi connectivity index (χ1n) is 21.6. The summed E-state index contributed by atoms with van der Waals surface area (Å²) in [5.74, 6) is -7.38. The van der Waals surface area contributed by atoms with E-state index >= 15 is 0 Å². The molecule has 6 N–H and O–H groups in total. The number of oxime groups is 2. The van der Waals surface area contributed by atoms with E-state index in [1.807, 2.05) is 0 Å². The van der Waals surface area contributed by atoms with E-state index < -0.39 is 198 Å². The van der Waals surface area contributed by atoms with E-state index in [1.165, 1.54) is 13.8 Å². The van der Waals surface area contributed by atoms with Crippen molar-refractivity contribution in [2.75, 3.05) is 39.6 Å². The van der Waals surface area contributed by atoms with Gasteiger partial charge in [-0.3, -0.25) is 26.6 Å². The zero-order valence-corrected chi connectivity index (χ0v) is 42.6. The first-order chi connectivity index (χ1) is 35.9. The second kappa shape index (κ2) is 29.9. The van der Waals surface area contributed by atoms with Crippen LogP contribution >= 0.6 is 12.3 Å². The molecule has 4 aliphatic heterocycles. The monoisotopic (exact) mass is 1200 g/mol. The SMILES string of the molecule is CC(=O)NC1[C@H](OC/C=N\OCCO/N=C\CO[C@H]2OC(COSOO[O-])[C@@H](OS(=O)(=O)[O-])C(O[C@H]3OC(C(=O)[O-])[C@H](C)C(O)C3O)C2C)OC(COS(=O)(=O)[O-])[C@H](OS(=O)(=O)[O-])[C@@H]1O[C@@H]1OC(C(=O)[O-])[C@@H](O)[C@H](O)C1O. The Labute approximate surface area is 439 Å². The van der Waals surface area contributed by atoms with Crippen LogP contribution < -0.4 is 20.8 Å². The summed E-state index contributed by atoms with van der Waals surface area (Å²) in [4.78, 5) is 45.7. The molecule has 4 rings (SSSR count). The lowest BCUT2D eigenvalue weighted by Gasteiger charge is -2.48. The molecule has 0 aromatic heterocycles. The number of aliphatic hydroxyl groups excluding tert-OH is 5. The van der Waals surface area contributed by atoms with Gasteiger partial charge in [0.15, 0.2) is 50.7 Å². The van der Waals surface area contributed by atoms with E-state index in [1.54, 1.807) is 0 Å². The van der Waals surface area contributed by atoms with Crippen molar-refractivity contribution in [3.63, 3.8) is 0 Å². The predicted molar refractivity (Wildman–Crippen MR) is 222 cm³/mol. The summed E-state index contributed by atoms with van der Waals surface area (Å²) in [5.41, 5.74) is 0. The Morgan fingerprint density at radius 1 is 0.623 bits per heavy atom. The number of nitrogens with zero attached hydrogens (tertiary/aromatic N) is 2. The highest BCUT2D eigenvalue weighted by molar-refractivity contribution is 7.89. The summed E-state index contributed by atoms with van der Waals surface area (Å²) >= 11 is -0.0615. The normalized spacial score (nSPS) is 36.4. The summed E-state index contributed by atoms with van der Waals surface area (Å²) < 4.78 is 171. The van der Waals surface area contributed by atoms with Crippen molar-refractivity contribution in [2.45, 2.75) is 131 Å². The molecule has 446 valence electrons. The Morgan fingerprint density at radius 2 is 1.12 bits per heavy atom. The van der Waals surface area contributed by atoms with Crippen LogP contribution in [-0.4, -0.2) is 245 Å². The van der Waals surface area contributed by atoms with E-state index in [0.717, 1.165) is 19.4 Å². The molecular weight excluding hydrogens is 1150 g/mol. The van der Waals surface area contributed by atoms with Crippen LogP contribution in [0.2, 0.25) is 0 Å². The van der Waals surface area contributed by atoms with Crippen LogP contribution in [0.1, 0.15) is 20.8 Å². The minimum absolute atomic E-state index is 0.0615. The average molecular weight is 1200 g/mol. The third kappa shape index (κ3) is 20.3. The molecule has 4 aliphatic rings. The number of rotatable bonds is 30. The summed E-state index contributed by atoms with van der Waals surface area (Å²) in [5, 5.41) is 98.2. The van der Waals surface area contributed by atoms with Gasteiger partial charge in [0.05, 0.1) is 63.0 Å². The lowest BCUT2D eigenvalue weighted by atomic mass is 9.89. The van der Waals surface area contributed by atoms with Gasteiger partial charge in [-0.15, -0.1) is 4.33 Å². The first kappa shape index (κ1) is 66.1. The van der Waals surface area contributed by atoms with E-state index in [2.05, 4.69) is 37.5 Å². The van der Waals surface area contributed by atoms with Crippen molar-refractivity contribution in [3.8, 4) is 0 Å². The molecule has 0 aliphatic carbocycles. The summed E-state index contributed by atoms with van der Waals surface area (Å²) in [7, 11) is -17.1. The van der Waals surface area contributed by atoms with Crippen LogP contribution in [-0.2, 0) is 119 Å². The fourth-order valence-electron chi connectivity index (χ4n) is 7.55. The van der Waals surface area contributed by atoms with Crippen LogP contribution in [0.15, 0.2) is 10.3 Å². The van der Waals surface area contributed by atoms with Crippen LogP contribution in [0.4, 0.5) is 0 Å². The number of carbonyl (C=O) groups excluding carboxylic acids is 3. The highest BCUT2D eigenvalue weighted by Crippen LogP contribution is 2.37. The molecule has 0 aromatic rings. The third-order valence-electron chi connectivity index (χ3n) is 10.9. The van der Waals surface area contributed by atoms with Gasteiger partial charge in [0, 0.05) is 18.8 Å². The van der Waals surface area contributed by atoms with Gasteiger partial charge in [-0.2, -0.15) is 0 Å². The van der Waals surface area contributed by atoms with Gasteiger partial charge < -0.3 is 117 Å². The fourth-order valence-corrected chi connectivity index (χ4v) is 9.11. The fraction of sp³-hybridized carbons (Fsp3) is 0.853.